The number of hydrogen-bond acceptors (Lipinski definition) is 4. The third-order valence-electron chi connectivity index (χ3n) is 4.22. The van der Waals surface area contributed by atoms with Crippen LogP contribution < -0.4 is 10.5 Å². The Bertz CT molecular complexity index is 631. The van der Waals surface area contributed by atoms with E-state index < -0.39 is 10.0 Å². The first-order valence-electron chi connectivity index (χ1n) is 7.73. The highest BCUT2D eigenvalue weighted by atomic mass is 32.2. The van der Waals surface area contributed by atoms with E-state index in [0.717, 1.165) is 25.7 Å². The minimum atomic E-state index is -3.46. The first kappa shape index (κ1) is 16.9. The third-order valence-corrected chi connectivity index (χ3v) is 5.59. The van der Waals surface area contributed by atoms with Gasteiger partial charge in [0.05, 0.1) is 17.4 Å². The second-order valence-electron chi connectivity index (χ2n) is 5.93. The zero-order valence-electron chi connectivity index (χ0n) is 12.7. The Morgan fingerprint density at radius 1 is 1.32 bits per heavy atom. The highest BCUT2D eigenvalue weighted by Gasteiger charge is 2.26. The van der Waals surface area contributed by atoms with Gasteiger partial charge < -0.3 is 5.73 Å². The maximum atomic E-state index is 12.4. The van der Waals surface area contributed by atoms with E-state index in [1.165, 1.54) is 6.42 Å². The van der Waals surface area contributed by atoms with E-state index in [0.29, 0.717) is 23.6 Å². The van der Waals surface area contributed by atoms with E-state index in [2.05, 4.69) is 4.72 Å². The lowest BCUT2D eigenvalue weighted by Crippen LogP contribution is -2.46. The van der Waals surface area contributed by atoms with Gasteiger partial charge in [0.25, 0.3) is 0 Å². The fraction of sp³-hybridized carbons (Fsp3) is 0.562. The van der Waals surface area contributed by atoms with Crippen molar-refractivity contribution in [3.8, 4) is 6.07 Å². The van der Waals surface area contributed by atoms with Gasteiger partial charge in [-0.25, -0.2) is 13.1 Å². The molecular formula is C16H23N3O2S. The van der Waals surface area contributed by atoms with Crippen LogP contribution in [0.1, 0.15) is 43.2 Å². The van der Waals surface area contributed by atoms with Crippen molar-refractivity contribution in [1.82, 2.24) is 4.72 Å². The van der Waals surface area contributed by atoms with Crippen LogP contribution in [0.2, 0.25) is 0 Å². The van der Waals surface area contributed by atoms with E-state index in [-0.39, 0.29) is 11.8 Å². The lowest BCUT2D eigenvalue weighted by Gasteiger charge is -2.29. The zero-order chi connectivity index (χ0) is 16.0. The standard InChI is InChI=1S/C16H23N3O2S/c17-10-13-5-4-6-14(9-13)12-22(20,21)19-16(11-18)15-7-2-1-3-8-15/h4-6,9,15-16,19H,1-3,7-8,11-12,18H2. The van der Waals surface area contributed by atoms with E-state index in [4.69, 9.17) is 11.0 Å². The van der Waals surface area contributed by atoms with E-state index in [9.17, 15) is 8.42 Å². The number of nitrogens with zero attached hydrogens (tertiary/aromatic N) is 1. The van der Waals surface area contributed by atoms with Gasteiger partial charge in [-0.2, -0.15) is 5.26 Å². The van der Waals surface area contributed by atoms with Gasteiger partial charge in [0.1, 0.15) is 0 Å². The molecular weight excluding hydrogens is 298 g/mol. The Kier molecular flexibility index (Phi) is 5.95. The summed E-state index contributed by atoms with van der Waals surface area (Å²) in [4.78, 5) is 0. The molecule has 0 saturated heterocycles. The molecule has 0 heterocycles. The van der Waals surface area contributed by atoms with Crippen LogP contribution >= 0.6 is 0 Å². The highest BCUT2D eigenvalue weighted by molar-refractivity contribution is 7.88. The molecule has 1 aromatic rings. The van der Waals surface area contributed by atoms with Crippen LogP contribution in [-0.2, 0) is 15.8 Å². The maximum Gasteiger partial charge on any atom is 0.216 e. The van der Waals surface area contributed by atoms with Crippen LogP contribution in [0.5, 0.6) is 0 Å². The molecule has 6 heteroatoms. The summed E-state index contributed by atoms with van der Waals surface area (Å²) in [6.07, 6.45) is 5.59. The summed E-state index contributed by atoms with van der Waals surface area (Å²) in [5.41, 5.74) is 6.86. The van der Waals surface area contributed by atoms with Crippen molar-refractivity contribution in [2.45, 2.75) is 43.9 Å². The number of nitrogens with two attached hydrogens (primary N) is 1. The van der Waals surface area contributed by atoms with Gasteiger partial charge in [0, 0.05) is 12.6 Å². The van der Waals surface area contributed by atoms with Crippen LogP contribution in [0.3, 0.4) is 0 Å². The Morgan fingerprint density at radius 3 is 2.68 bits per heavy atom. The summed E-state index contributed by atoms with van der Waals surface area (Å²) in [7, 11) is -3.46. The third kappa shape index (κ3) is 4.80. The largest absolute Gasteiger partial charge is 0.329 e. The van der Waals surface area contributed by atoms with Gasteiger partial charge >= 0.3 is 0 Å². The minimum absolute atomic E-state index is 0.119. The van der Waals surface area contributed by atoms with Crippen LogP contribution in [0.25, 0.3) is 0 Å². The molecule has 1 unspecified atom stereocenters. The fourth-order valence-electron chi connectivity index (χ4n) is 3.10. The Balaban J connectivity index is 2.04. The zero-order valence-corrected chi connectivity index (χ0v) is 13.5. The highest BCUT2D eigenvalue weighted by Crippen LogP contribution is 2.26. The van der Waals surface area contributed by atoms with Gasteiger partial charge in [-0.15, -0.1) is 0 Å². The molecule has 2 rings (SSSR count). The van der Waals surface area contributed by atoms with Gasteiger partial charge in [0.2, 0.25) is 10.0 Å². The maximum absolute atomic E-state index is 12.4. The lowest BCUT2D eigenvalue weighted by atomic mass is 9.84. The van der Waals surface area contributed by atoms with Crippen molar-refractivity contribution in [3.05, 3.63) is 35.4 Å². The first-order valence-corrected chi connectivity index (χ1v) is 9.38. The summed E-state index contributed by atoms with van der Waals surface area (Å²) >= 11 is 0. The average molecular weight is 321 g/mol. The fourth-order valence-corrected chi connectivity index (χ4v) is 4.55. The number of sulfonamides is 1. The number of nitriles is 1. The van der Waals surface area contributed by atoms with Gasteiger partial charge in [0.15, 0.2) is 0 Å². The quantitative estimate of drug-likeness (QED) is 0.836. The van der Waals surface area contributed by atoms with Crippen LogP contribution in [0.4, 0.5) is 0 Å². The monoisotopic (exact) mass is 321 g/mol. The van der Waals surface area contributed by atoms with Gasteiger partial charge in [-0.3, -0.25) is 0 Å². The van der Waals surface area contributed by atoms with E-state index in [1.807, 2.05) is 6.07 Å². The number of nitrogens with one attached hydrogen (secondary N) is 1. The second kappa shape index (κ2) is 7.73. The molecule has 1 saturated carbocycles. The van der Waals surface area contributed by atoms with Crippen LogP contribution in [-0.4, -0.2) is 21.0 Å². The molecule has 120 valence electrons. The Hall–Kier alpha value is -1.42. The molecule has 1 fully saturated rings. The number of hydrogen-bond donors (Lipinski definition) is 2. The SMILES string of the molecule is N#Cc1cccc(CS(=O)(=O)NC(CN)C2CCCCC2)c1. The lowest BCUT2D eigenvalue weighted by molar-refractivity contribution is 0.294. The molecule has 0 aromatic heterocycles. The van der Waals surface area contributed by atoms with Crippen LogP contribution in [0, 0.1) is 17.2 Å². The summed E-state index contributed by atoms with van der Waals surface area (Å²) in [5, 5.41) is 8.88. The van der Waals surface area contributed by atoms with Gasteiger partial charge in [-0.1, -0.05) is 31.4 Å². The molecule has 1 aromatic carbocycles. The molecule has 0 amide bonds. The van der Waals surface area contributed by atoms with Crippen molar-refractivity contribution in [3.63, 3.8) is 0 Å². The van der Waals surface area contributed by atoms with Gasteiger partial charge in [-0.05, 0) is 36.5 Å². The number of rotatable bonds is 6. The molecule has 0 radical (unpaired) electrons. The normalized spacial score (nSPS) is 17.8. The Labute approximate surface area is 132 Å². The Morgan fingerprint density at radius 2 is 2.05 bits per heavy atom. The van der Waals surface area contributed by atoms with E-state index >= 15 is 0 Å². The molecule has 22 heavy (non-hydrogen) atoms. The minimum Gasteiger partial charge on any atom is -0.329 e. The average Bonchev–Trinajstić information content (AvgIpc) is 2.53. The molecule has 1 aliphatic rings. The van der Waals surface area contributed by atoms with Crippen molar-refractivity contribution in [1.29, 1.82) is 5.26 Å². The van der Waals surface area contributed by atoms with Crippen LogP contribution in [0.15, 0.2) is 24.3 Å². The molecule has 1 aliphatic carbocycles. The van der Waals surface area contributed by atoms with Crippen molar-refractivity contribution < 1.29 is 8.42 Å². The summed E-state index contributed by atoms with van der Waals surface area (Å²) < 4.78 is 27.5. The molecule has 0 bridgehead atoms. The second-order valence-corrected chi connectivity index (χ2v) is 7.68. The first-order chi connectivity index (χ1) is 10.5. The summed E-state index contributed by atoms with van der Waals surface area (Å²) in [5.74, 6) is 0.213. The summed E-state index contributed by atoms with van der Waals surface area (Å²) in [6, 6.07) is 8.52. The smallest absolute Gasteiger partial charge is 0.216 e. The predicted molar refractivity (Wildman–Crippen MR) is 86.3 cm³/mol. The summed E-state index contributed by atoms with van der Waals surface area (Å²) in [6.45, 7) is 0.322. The van der Waals surface area contributed by atoms with Crippen molar-refractivity contribution in [2.75, 3.05) is 6.54 Å². The number of benzene rings is 1. The molecule has 5 nitrogen and oxygen atoms in total. The molecule has 0 aliphatic heterocycles. The van der Waals surface area contributed by atoms with Crippen molar-refractivity contribution >= 4 is 10.0 Å². The molecule has 0 spiro atoms. The topological polar surface area (TPSA) is 96.0 Å². The van der Waals surface area contributed by atoms with E-state index in [1.54, 1.807) is 24.3 Å². The van der Waals surface area contributed by atoms with Crippen molar-refractivity contribution in [2.24, 2.45) is 11.7 Å². The molecule has 1 atom stereocenters. The molecule has 3 N–H and O–H groups in total. The predicted octanol–water partition coefficient (Wildman–Crippen LogP) is 1.89.